The van der Waals surface area contributed by atoms with Crippen molar-refractivity contribution in [2.24, 2.45) is 0 Å². The van der Waals surface area contributed by atoms with Gasteiger partial charge in [0.1, 0.15) is 23.5 Å². The van der Waals surface area contributed by atoms with Gasteiger partial charge in [0.05, 0.1) is 29.3 Å². The highest BCUT2D eigenvalue weighted by atomic mass is 32.2. The fourth-order valence-electron chi connectivity index (χ4n) is 5.11. The van der Waals surface area contributed by atoms with Crippen molar-refractivity contribution in [3.05, 3.63) is 54.2 Å². The van der Waals surface area contributed by atoms with Gasteiger partial charge in [-0.2, -0.15) is 0 Å². The molecule has 5 rings (SSSR count). The van der Waals surface area contributed by atoms with Crippen LogP contribution in [0, 0.1) is 0 Å². The molecule has 2 fully saturated rings. The summed E-state index contributed by atoms with van der Waals surface area (Å²) in [6.45, 7) is 0. The van der Waals surface area contributed by atoms with Gasteiger partial charge >= 0.3 is 0 Å². The van der Waals surface area contributed by atoms with E-state index in [1.54, 1.807) is 43.6 Å². The molecular formula is C24H26N4O5S. The smallest absolute Gasteiger partial charge is 0.249 e. The van der Waals surface area contributed by atoms with Gasteiger partial charge in [0, 0.05) is 6.20 Å². The first-order chi connectivity index (χ1) is 16.3. The predicted octanol–water partition coefficient (Wildman–Crippen LogP) is 2.61. The maximum atomic E-state index is 14.0. The molecule has 2 aliphatic rings. The van der Waals surface area contributed by atoms with Gasteiger partial charge in [-0.05, 0) is 48.7 Å². The minimum atomic E-state index is -3.60. The number of ether oxygens (including phenoxy) is 1. The SMILES string of the molecule is COc1ccc(C2(C(=O)N3CS(=O)(=O)C[C@@H]3C(=O)Nc3ccc4[nH]ccc4n3)CCCC2)cc1. The van der Waals surface area contributed by atoms with E-state index in [0.717, 1.165) is 23.9 Å². The fourth-order valence-corrected chi connectivity index (χ4v) is 6.74. The van der Waals surface area contributed by atoms with Crippen LogP contribution in [-0.2, 0) is 24.8 Å². The van der Waals surface area contributed by atoms with E-state index in [2.05, 4.69) is 15.3 Å². The molecule has 0 unspecified atom stereocenters. The normalized spacial score (nSPS) is 21.0. The summed E-state index contributed by atoms with van der Waals surface area (Å²) in [6, 6.07) is 11.4. The quantitative estimate of drug-likeness (QED) is 0.577. The highest BCUT2D eigenvalue weighted by molar-refractivity contribution is 7.91. The Hall–Kier alpha value is -3.40. The largest absolute Gasteiger partial charge is 0.497 e. The zero-order valence-corrected chi connectivity index (χ0v) is 19.6. The Bertz CT molecular complexity index is 1340. The zero-order chi connectivity index (χ0) is 23.9. The molecule has 0 radical (unpaired) electrons. The summed E-state index contributed by atoms with van der Waals surface area (Å²) in [6.07, 6.45) is 4.67. The Morgan fingerprint density at radius 3 is 2.56 bits per heavy atom. The lowest BCUT2D eigenvalue weighted by Crippen LogP contribution is -2.51. The molecule has 3 heterocycles. The molecule has 10 heteroatoms. The second kappa shape index (κ2) is 8.43. The molecule has 2 amide bonds. The van der Waals surface area contributed by atoms with Gasteiger partial charge in [-0.1, -0.05) is 25.0 Å². The van der Waals surface area contributed by atoms with Crippen molar-refractivity contribution < 1.29 is 22.7 Å². The van der Waals surface area contributed by atoms with Gasteiger partial charge in [0.2, 0.25) is 11.8 Å². The number of carbonyl (C=O) groups excluding carboxylic acids is 2. The first-order valence-corrected chi connectivity index (χ1v) is 13.0. The topological polar surface area (TPSA) is 121 Å². The minimum Gasteiger partial charge on any atom is -0.497 e. The molecule has 34 heavy (non-hydrogen) atoms. The van der Waals surface area contributed by atoms with Crippen LogP contribution in [0.1, 0.15) is 31.2 Å². The van der Waals surface area contributed by atoms with Crippen LogP contribution < -0.4 is 10.1 Å². The number of carbonyl (C=O) groups is 2. The van der Waals surface area contributed by atoms with Gasteiger partial charge in [-0.25, -0.2) is 13.4 Å². The molecule has 3 aromatic rings. The third-order valence-corrected chi connectivity index (χ3v) is 8.35. The van der Waals surface area contributed by atoms with Crippen LogP contribution in [0.4, 0.5) is 5.82 Å². The number of benzene rings is 1. The second-order valence-corrected chi connectivity index (χ2v) is 11.0. The fraction of sp³-hybridized carbons (Fsp3) is 0.375. The summed E-state index contributed by atoms with van der Waals surface area (Å²) in [5, 5.41) is 2.71. The van der Waals surface area contributed by atoms with Crippen molar-refractivity contribution >= 4 is 38.5 Å². The molecule has 1 saturated carbocycles. The van der Waals surface area contributed by atoms with E-state index < -0.39 is 38.8 Å². The molecule has 2 aromatic heterocycles. The number of rotatable bonds is 5. The van der Waals surface area contributed by atoms with E-state index in [1.165, 1.54) is 4.90 Å². The molecule has 0 spiro atoms. The molecule has 1 aromatic carbocycles. The molecular weight excluding hydrogens is 456 g/mol. The summed E-state index contributed by atoms with van der Waals surface area (Å²) in [4.78, 5) is 35.8. The summed E-state index contributed by atoms with van der Waals surface area (Å²) in [5.74, 6) is -0.760. The van der Waals surface area contributed by atoms with Crippen LogP contribution in [0.2, 0.25) is 0 Å². The Labute approximate surface area is 197 Å². The van der Waals surface area contributed by atoms with E-state index in [1.807, 2.05) is 12.1 Å². The number of amides is 2. The van der Waals surface area contributed by atoms with Crippen LogP contribution in [0.15, 0.2) is 48.7 Å². The van der Waals surface area contributed by atoms with Crippen molar-refractivity contribution in [2.75, 3.05) is 24.1 Å². The Morgan fingerprint density at radius 2 is 1.85 bits per heavy atom. The highest BCUT2D eigenvalue weighted by Crippen LogP contribution is 2.44. The van der Waals surface area contributed by atoms with Gasteiger partial charge in [0.15, 0.2) is 9.84 Å². The van der Waals surface area contributed by atoms with Crippen molar-refractivity contribution in [1.82, 2.24) is 14.9 Å². The van der Waals surface area contributed by atoms with E-state index in [4.69, 9.17) is 4.74 Å². The summed E-state index contributed by atoms with van der Waals surface area (Å²) in [7, 11) is -2.03. The molecule has 1 atom stereocenters. The average Bonchev–Trinajstić information content (AvgIpc) is 3.57. The Kier molecular flexibility index (Phi) is 5.55. The number of nitrogens with one attached hydrogen (secondary N) is 2. The third kappa shape index (κ3) is 3.91. The monoisotopic (exact) mass is 482 g/mol. The third-order valence-electron chi connectivity index (χ3n) is 6.85. The number of nitrogens with zero attached hydrogens (tertiary/aromatic N) is 2. The standard InChI is InChI=1S/C24H26N4O5S/c1-33-17-6-4-16(5-7-17)24(11-2-3-12-24)23(30)28-15-34(31,32)14-20(28)22(29)27-21-9-8-18-19(26-21)10-13-25-18/h4-10,13,20,25H,2-3,11-12,14-15H2,1H3,(H,26,27,29)/t20-/m1/s1. The van der Waals surface area contributed by atoms with Gasteiger partial charge < -0.3 is 19.9 Å². The van der Waals surface area contributed by atoms with E-state index in [0.29, 0.717) is 29.9 Å². The molecule has 1 aliphatic carbocycles. The van der Waals surface area contributed by atoms with Crippen LogP contribution in [0.25, 0.3) is 11.0 Å². The number of pyridine rings is 1. The molecule has 1 saturated heterocycles. The maximum Gasteiger partial charge on any atom is 0.249 e. The lowest BCUT2D eigenvalue weighted by Gasteiger charge is -2.34. The minimum absolute atomic E-state index is 0.305. The number of aromatic nitrogens is 2. The summed E-state index contributed by atoms with van der Waals surface area (Å²) < 4.78 is 30.4. The number of H-pyrrole nitrogens is 1. The number of hydrogen-bond donors (Lipinski definition) is 2. The molecule has 1 aliphatic heterocycles. The van der Waals surface area contributed by atoms with Crippen LogP contribution in [-0.4, -0.2) is 59.9 Å². The van der Waals surface area contributed by atoms with E-state index >= 15 is 0 Å². The van der Waals surface area contributed by atoms with Gasteiger partial charge in [0.25, 0.3) is 0 Å². The maximum absolute atomic E-state index is 14.0. The van der Waals surface area contributed by atoms with Crippen molar-refractivity contribution in [3.8, 4) is 5.75 Å². The first-order valence-electron chi connectivity index (χ1n) is 11.2. The number of aromatic amines is 1. The number of fused-ring (bicyclic) bond motifs is 1. The van der Waals surface area contributed by atoms with Gasteiger partial charge in [-0.3, -0.25) is 9.59 Å². The van der Waals surface area contributed by atoms with Crippen LogP contribution in [0.3, 0.4) is 0 Å². The first kappa shape index (κ1) is 22.4. The average molecular weight is 483 g/mol. The lowest BCUT2D eigenvalue weighted by atomic mass is 9.77. The number of anilines is 1. The Balaban J connectivity index is 1.44. The van der Waals surface area contributed by atoms with Crippen molar-refractivity contribution in [2.45, 2.75) is 37.1 Å². The van der Waals surface area contributed by atoms with E-state index in [-0.39, 0.29) is 5.91 Å². The van der Waals surface area contributed by atoms with Crippen LogP contribution in [0.5, 0.6) is 5.75 Å². The van der Waals surface area contributed by atoms with Crippen LogP contribution >= 0.6 is 0 Å². The summed E-state index contributed by atoms with van der Waals surface area (Å²) in [5.41, 5.74) is 1.46. The molecule has 9 nitrogen and oxygen atoms in total. The summed E-state index contributed by atoms with van der Waals surface area (Å²) >= 11 is 0. The predicted molar refractivity (Wildman–Crippen MR) is 127 cm³/mol. The van der Waals surface area contributed by atoms with Crippen molar-refractivity contribution in [3.63, 3.8) is 0 Å². The van der Waals surface area contributed by atoms with Gasteiger partial charge in [-0.15, -0.1) is 0 Å². The molecule has 178 valence electrons. The lowest BCUT2D eigenvalue weighted by molar-refractivity contribution is -0.141. The highest BCUT2D eigenvalue weighted by Gasteiger charge is 2.51. The Morgan fingerprint density at radius 1 is 1.12 bits per heavy atom. The number of sulfone groups is 1. The number of hydrogen-bond acceptors (Lipinski definition) is 6. The van der Waals surface area contributed by atoms with Crippen molar-refractivity contribution in [1.29, 1.82) is 0 Å². The second-order valence-electron chi connectivity index (χ2n) is 8.94. The molecule has 2 N–H and O–H groups in total. The number of methoxy groups -OCH3 is 1. The molecule has 0 bridgehead atoms. The zero-order valence-electron chi connectivity index (χ0n) is 18.8. The van der Waals surface area contributed by atoms with E-state index in [9.17, 15) is 18.0 Å².